The number of carbonyl (C=O) groups is 2. The smallest absolute Gasteiger partial charge is 0.305 e. The lowest BCUT2D eigenvalue weighted by atomic mass is 9.74. The summed E-state index contributed by atoms with van der Waals surface area (Å²) < 4.78 is 5.20. The molecule has 1 aromatic rings. The Morgan fingerprint density at radius 3 is 2.67 bits per heavy atom. The number of aliphatic carboxylic acids is 1. The Bertz CT molecular complexity index is 555. The summed E-state index contributed by atoms with van der Waals surface area (Å²) in [6.07, 6.45) is 2.43. The molecule has 2 rings (SSSR count). The second-order valence-electron chi connectivity index (χ2n) is 5.39. The minimum absolute atomic E-state index is 0.0363. The molecular weight excluding hydrogens is 294 g/mol. The second kappa shape index (κ2) is 6.35. The quantitative estimate of drug-likeness (QED) is 0.846. The minimum Gasteiger partial charge on any atom is -0.496 e. The summed E-state index contributed by atoms with van der Waals surface area (Å²) >= 11 is 5.93. The number of ether oxygens (including phenoxy) is 1. The lowest BCUT2D eigenvalue weighted by Gasteiger charge is -2.41. The number of methoxy groups -OCH3 is 1. The highest BCUT2D eigenvalue weighted by Gasteiger charge is 2.40. The van der Waals surface area contributed by atoms with E-state index in [1.165, 1.54) is 7.11 Å². The van der Waals surface area contributed by atoms with Crippen molar-refractivity contribution in [1.82, 2.24) is 5.32 Å². The van der Waals surface area contributed by atoms with Gasteiger partial charge in [0.05, 0.1) is 25.5 Å². The SMILES string of the molecule is COc1ccc(Cl)cc1CC(=O)NC1(CC(=O)O)CCC1. The monoisotopic (exact) mass is 311 g/mol. The second-order valence-corrected chi connectivity index (χ2v) is 5.82. The number of benzene rings is 1. The zero-order chi connectivity index (χ0) is 15.5. The Balaban J connectivity index is 2.04. The summed E-state index contributed by atoms with van der Waals surface area (Å²) in [5.41, 5.74) is 0.0987. The first kappa shape index (κ1) is 15.6. The number of amides is 1. The van der Waals surface area contributed by atoms with Gasteiger partial charge in [-0.05, 0) is 37.5 Å². The van der Waals surface area contributed by atoms with Crippen LogP contribution in [0.3, 0.4) is 0 Å². The number of carboxylic acids is 1. The molecule has 2 N–H and O–H groups in total. The van der Waals surface area contributed by atoms with Gasteiger partial charge in [-0.15, -0.1) is 0 Å². The fourth-order valence-corrected chi connectivity index (χ4v) is 2.83. The summed E-state index contributed by atoms with van der Waals surface area (Å²) in [5, 5.41) is 12.3. The summed E-state index contributed by atoms with van der Waals surface area (Å²) in [4.78, 5) is 23.1. The predicted octanol–water partition coefficient (Wildman–Crippen LogP) is 2.40. The molecular formula is C15H18ClNO4. The van der Waals surface area contributed by atoms with E-state index in [9.17, 15) is 9.59 Å². The van der Waals surface area contributed by atoms with E-state index in [0.717, 1.165) is 6.42 Å². The van der Waals surface area contributed by atoms with Crippen molar-refractivity contribution < 1.29 is 19.4 Å². The molecule has 1 aliphatic rings. The number of hydrogen-bond donors (Lipinski definition) is 2. The largest absolute Gasteiger partial charge is 0.496 e. The number of nitrogens with one attached hydrogen (secondary N) is 1. The minimum atomic E-state index is -0.893. The van der Waals surface area contributed by atoms with Crippen molar-refractivity contribution in [3.8, 4) is 5.75 Å². The molecule has 5 nitrogen and oxygen atoms in total. The topological polar surface area (TPSA) is 75.6 Å². The van der Waals surface area contributed by atoms with E-state index in [1.54, 1.807) is 18.2 Å². The molecule has 114 valence electrons. The van der Waals surface area contributed by atoms with Crippen LogP contribution in [0.2, 0.25) is 5.02 Å². The molecule has 21 heavy (non-hydrogen) atoms. The standard InChI is InChI=1S/C15H18ClNO4/c1-21-12-4-3-11(16)7-10(12)8-13(18)17-15(5-2-6-15)9-14(19)20/h3-4,7H,2,5-6,8-9H2,1H3,(H,17,18)(H,19,20). The van der Waals surface area contributed by atoms with Crippen LogP contribution in [0.1, 0.15) is 31.2 Å². The Hall–Kier alpha value is -1.75. The van der Waals surface area contributed by atoms with Crippen molar-refractivity contribution >= 4 is 23.5 Å². The van der Waals surface area contributed by atoms with Gasteiger partial charge in [0.2, 0.25) is 5.91 Å². The van der Waals surface area contributed by atoms with Gasteiger partial charge < -0.3 is 15.2 Å². The maximum atomic E-state index is 12.2. The van der Waals surface area contributed by atoms with Crippen molar-refractivity contribution in [1.29, 1.82) is 0 Å². The fourth-order valence-electron chi connectivity index (χ4n) is 2.64. The third-order valence-electron chi connectivity index (χ3n) is 3.80. The predicted molar refractivity (Wildman–Crippen MR) is 78.7 cm³/mol. The van der Waals surface area contributed by atoms with Gasteiger partial charge >= 0.3 is 5.97 Å². The number of rotatable bonds is 6. The van der Waals surface area contributed by atoms with E-state index in [4.69, 9.17) is 21.4 Å². The molecule has 0 aromatic heterocycles. The van der Waals surface area contributed by atoms with Crippen LogP contribution in [0.25, 0.3) is 0 Å². The molecule has 1 amide bonds. The Kier molecular flexibility index (Phi) is 4.73. The van der Waals surface area contributed by atoms with E-state index in [1.807, 2.05) is 0 Å². The summed E-state index contributed by atoms with van der Waals surface area (Å²) in [5.74, 6) is -0.512. The number of halogens is 1. The molecule has 1 aromatic carbocycles. The lowest BCUT2D eigenvalue weighted by Crippen LogP contribution is -2.55. The fraction of sp³-hybridized carbons (Fsp3) is 0.467. The molecule has 1 saturated carbocycles. The molecule has 0 aliphatic heterocycles. The highest BCUT2D eigenvalue weighted by Crippen LogP contribution is 2.35. The van der Waals surface area contributed by atoms with Crippen LogP contribution in [0, 0.1) is 0 Å². The Morgan fingerprint density at radius 1 is 1.43 bits per heavy atom. The van der Waals surface area contributed by atoms with Crippen LogP contribution >= 0.6 is 11.6 Å². The molecule has 0 bridgehead atoms. The van der Waals surface area contributed by atoms with Crippen molar-refractivity contribution in [3.63, 3.8) is 0 Å². The molecule has 6 heteroatoms. The number of carboxylic acid groups (broad SMARTS) is 1. The van der Waals surface area contributed by atoms with Gasteiger partial charge in [0.1, 0.15) is 5.75 Å². The van der Waals surface area contributed by atoms with Crippen LogP contribution in [0.4, 0.5) is 0 Å². The highest BCUT2D eigenvalue weighted by atomic mass is 35.5. The third kappa shape index (κ3) is 3.88. The van der Waals surface area contributed by atoms with Gasteiger partial charge in [-0.25, -0.2) is 0 Å². The van der Waals surface area contributed by atoms with Gasteiger partial charge in [0.25, 0.3) is 0 Å². The van der Waals surface area contributed by atoms with E-state index in [0.29, 0.717) is 29.2 Å². The van der Waals surface area contributed by atoms with Crippen molar-refractivity contribution in [2.45, 2.75) is 37.6 Å². The molecule has 0 saturated heterocycles. The van der Waals surface area contributed by atoms with Crippen molar-refractivity contribution in [3.05, 3.63) is 28.8 Å². The number of carbonyl (C=O) groups excluding carboxylic acids is 1. The van der Waals surface area contributed by atoms with Crippen LogP contribution in [-0.2, 0) is 16.0 Å². The van der Waals surface area contributed by atoms with Crippen LogP contribution in [0.15, 0.2) is 18.2 Å². The van der Waals surface area contributed by atoms with E-state index in [2.05, 4.69) is 5.32 Å². The van der Waals surface area contributed by atoms with Gasteiger partial charge in [-0.3, -0.25) is 9.59 Å². The average Bonchev–Trinajstić information content (AvgIpc) is 2.35. The Labute approximate surface area is 128 Å². The summed E-state index contributed by atoms with van der Waals surface area (Å²) in [6, 6.07) is 5.09. The first-order valence-electron chi connectivity index (χ1n) is 6.79. The zero-order valence-electron chi connectivity index (χ0n) is 11.8. The molecule has 1 aliphatic carbocycles. The Morgan fingerprint density at radius 2 is 2.14 bits per heavy atom. The summed E-state index contributed by atoms with van der Waals surface area (Å²) in [7, 11) is 1.53. The molecule has 1 fully saturated rings. The van der Waals surface area contributed by atoms with Gasteiger partial charge in [0.15, 0.2) is 0 Å². The maximum absolute atomic E-state index is 12.2. The third-order valence-corrected chi connectivity index (χ3v) is 4.03. The normalized spacial score (nSPS) is 15.9. The molecule has 0 unspecified atom stereocenters. The van der Waals surface area contributed by atoms with Crippen LogP contribution in [0.5, 0.6) is 5.75 Å². The summed E-state index contributed by atoms with van der Waals surface area (Å²) in [6.45, 7) is 0. The molecule has 0 spiro atoms. The van der Waals surface area contributed by atoms with Crippen molar-refractivity contribution in [2.24, 2.45) is 0 Å². The van der Waals surface area contributed by atoms with Gasteiger partial charge in [0, 0.05) is 10.6 Å². The van der Waals surface area contributed by atoms with Crippen LogP contribution < -0.4 is 10.1 Å². The van der Waals surface area contributed by atoms with E-state index < -0.39 is 11.5 Å². The van der Waals surface area contributed by atoms with Crippen LogP contribution in [-0.4, -0.2) is 29.6 Å². The zero-order valence-corrected chi connectivity index (χ0v) is 12.6. The van der Waals surface area contributed by atoms with Crippen molar-refractivity contribution in [2.75, 3.05) is 7.11 Å². The molecule has 0 radical (unpaired) electrons. The van der Waals surface area contributed by atoms with E-state index >= 15 is 0 Å². The lowest BCUT2D eigenvalue weighted by molar-refractivity contribution is -0.140. The molecule has 0 atom stereocenters. The van der Waals surface area contributed by atoms with Gasteiger partial charge in [-0.2, -0.15) is 0 Å². The highest BCUT2D eigenvalue weighted by molar-refractivity contribution is 6.30. The van der Waals surface area contributed by atoms with Gasteiger partial charge in [-0.1, -0.05) is 11.6 Å². The maximum Gasteiger partial charge on any atom is 0.305 e. The first-order valence-corrected chi connectivity index (χ1v) is 7.17. The first-order chi connectivity index (χ1) is 9.94. The molecule has 0 heterocycles. The van der Waals surface area contributed by atoms with E-state index in [-0.39, 0.29) is 18.7 Å². The number of hydrogen-bond acceptors (Lipinski definition) is 3. The average molecular weight is 312 g/mol.